The first-order chi connectivity index (χ1) is 19.7. The lowest BCUT2D eigenvalue weighted by Gasteiger charge is -2.26. The predicted molar refractivity (Wildman–Crippen MR) is 159 cm³/mol. The van der Waals surface area contributed by atoms with E-state index in [4.69, 9.17) is 0 Å². The quantitative estimate of drug-likeness (QED) is 0.274. The van der Waals surface area contributed by atoms with E-state index in [1.165, 1.54) is 35.4 Å². The van der Waals surface area contributed by atoms with Crippen LogP contribution in [0.15, 0.2) is 121 Å². The molecule has 6 nitrogen and oxygen atoms in total. The highest BCUT2D eigenvalue weighted by atomic mass is 16.2. The van der Waals surface area contributed by atoms with Crippen molar-refractivity contribution in [1.29, 1.82) is 0 Å². The molecule has 0 unspecified atom stereocenters. The molecule has 0 bridgehead atoms. The zero-order chi connectivity index (χ0) is 28.7. The molecule has 4 aromatic carbocycles. The number of anilines is 2. The Morgan fingerprint density at radius 2 is 0.634 bits per heavy atom. The Labute approximate surface area is 237 Å². The Balaban J connectivity index is 1.17. The Kier molecular flexibility index (Phi) is 6.31. The van der Waals surface area contributed by atoms with Crippen molar-refractivity contribution in [2.75, 3.05) is 9.80 Å². The van der Waals surface area contributed by atoms with Crippen LogP contribution >= 0.6 is 0 Å². The minimum absolute atomic E-state index is 0.238. The summed E-state index contributed by atoms with van der Waals surface area (Å²) >= 11 is 0. The van der Waals surface area contributed by atoms with Gasteiger partial charge in [-0.25, -0.2) is 9.80 Å². The van der Waals surface area contributed by atoms with Gasteiger partial charge in [0.2, 0.25) is 0 Å². The number of hydrogen-bond donors (Lipinski definition) is 0. The number of amides is 4. The summed E-state index contributed by atoms with van der Waals surface area (Å²) in [5.41, 5.74) is 7.29. The highest BCUT2D eigenvalue weighted by Crippen LogP contribution is 2.35. The van der Waals surface area contributed by atoms with Gasteiger partial charge in [0.25, 0.3) is 23.6 Å². The second kappa shape index (κ2) is 9.99. The van der Waals surface area contributed by atoms with Crippen molar-refractivity contribution < 1.29 is 19.2 Å². The number of carbonyl (C=O) groups is 4. The smallest absolute Gasteiger partial charge is 0.258 e. The highest BCUT2D eigenvalue weighted by Gasteiger charge is 2.26. The first-order valence-electron chi connectivity index (χ1n) is 13.3. The number of carbonyl (C=O) groups excluding carboxylic acids is 4. The van der Waals surface area contributed by atoms with E-state index >= 15 is 0 Å². The van der Waals surface area contributed by atoms with Crippen molar-refractivity contribution in [3.05, 3.63) is 132 Å². The van der Waals surface area contributed by atoms with Gasteiger partial charge in [0.05, 0.1) is 11.4 Å². The lowest BCUT2D eigenvalue weighted by molar-refractivity contribution is -0.121. The molecule has 2 aliphatic heterocycles. The van der Waals surface area contributed by atoms with E-state index in [9.17, 15) is 19.2 Å². The first kappa shape index (κ1) is 25.9. The molecule has 200 valence electrons. The molecule has 0 atom stereocenters. The van der Waals surface area contributed by atoms with Crippen molar-refractivity contribution in [2.24, 2.45) is 0 Å². The molecule has 0 aromatic heterocycles. The summed E-state index contributed by atoms with van der Waals surface area (Å²) in [5, 5.41) is 0. The average Bonchev–Trinajstić information content (AvgIpc) is 3.52. The van der Waals surface area contributed by atoms with E-state index < -0.39 is 0 Å². The van der Waals surface area contributed by atoms with Crippen LogP contribution in [0.4, 0.5) is 11.4 Å². The Morgan fingerprint density at radius 1 is 0.390 bits per heavy atom. The van der Waals surface area contributed by atoms with Gasteiger partial charge in [0.1, 0.15) is 0 Å². The van der Waals surface area contributed by atoms with Gasteiger partial charge in [0.15, 0.2) is 0 Å². The first-order valence-corrected chi connectivity index (χ1v) is 13.3. The molecule has 0 N–H and O–H groups in total. The third-order valence-electron chi connectivity index (χ3n) is 7.75. The number of rotatable bonds is 6. The lowest BCUT2D eigenvalue weighted by atomic mass is 9.77. The molecule has 6 rings (SSSR count). The molecule has 0 saturated heterocycles. The van der Waals surface area contributed by atoms with Crippen molar-refractivity contribution >= 4 is 35.0 Å². The number of imide groups is 2. The van der Waals surface area contributed by atoms with Crippen LogP contribution in [-0.2, 0) is 24.6 Å². The molecule has 4 amide bonds. The summed E-state index contributed by atoms with van der Waals surface area (Å²) in [4.78, 5) is 50.1. The Bertz CT molecular complexity index is 1580. The van der Waals surface area contributed by atoms with Crippen molar-refractivity contribution in [3.8, 4) is 22.3 Å². The monoisotopic (exact) mass is 538 g/mol. The van der Waals surface area contributed by atoms with E-state index in [0.29, 0.717) is 11.4 Å². The molecule has 4 aromatic rings. The fourth-order valence-corrected chi connectivity index (χ4v) is 5.24. The molecular formula is C35H26N2O4. The molecule has 0 fully saturated rings. The fraction of sp³-hybridized carbons (Fsp3) is 0.0857. The molecule has 0 aliphatic carbocycles. The van der Waals surface area contributed by atoms with E-state index in [-0.39, 0.29) is 29.0 Å². The maximum Gasteiger partial charge on any atom is 0.258 e. The summed E-state index contributed by atoms with van der Waals surface area (Å²) in [7, 11) is 0. The van der Waals surface area contributed by atoms with Crippen molar-refractivity contribution in [2.45, 2.75) is 19.3 Å². The van der Waals surface area contributed by atoms with Gasteiger partial charge >= 0.3 is 0 Å². The fourth-order valence-electron chi connectivity index (χ4n) is 5.24. The summed E-state index contributed by atoms with van der Waals surface area (Å²) in [6.07, 6.45) is 5.12. The molecule has 0 radical (unpaired) electrons. The minimum Gasteiger partial charge on any atom is -0.269 e. The van der Waals surface area contributed by atoms with Crippen LogP contribution in [0.5, 0.6) is 0 Å². The third-order valence-corrected chi connectivity index (χ3v) is 7.75. The molecule has 2 heterocycles. The second-order valence-corrected chi connectivity index (χ2v) is 10.6. The topological polar surface area (TPSA) is 74.8 Å². The SMILES string of the molecule is CC(C)(c1ccc(-c2ccc(N3C(=O)C=CC3=O)cc2)cc1)c1ccc(-c2ccc(N3C(=O)C=CC3=O)cc2)cc1. The zero-order valence-electron chi connectivity index (χ0n) is 22.6. The summed E-state index contributed by atoms with van der Waals surface area (Å²) in [6.45, 7) is 4.38. The van der Waals surface area contributed by atoms with Crippen molar-refractivity contribution in [3.63, 3.8) is 0 Å². The van der Waals surface area contributed by atoms with Gasteiger partial charge in [-0.1, -0.05) is 86.6 Å². The Morgan fingerprint density at radius 3 is 0.902 bits per heavy atom. The molecule has 2 aliphatic rings. The van der Waals surface area contributed by atoms with Gasteiger partial charge in [-0.15, -0.1) is 0 Å². The van der Waals surface area contributed by atoms with Crippen LogP contribution in [0.3, 0.4) is 0 Å². The predicted octanol–water partition coefficient (Wildman–Crippen LogP) is 6.21. The minimum atomic E-state index is -0.328. The standard InChI is InChI=1S/C35H26N2O4/c1-35(2,27-11-3-23(4-12-27)25-7-15-29(16-8-25)36-31(38)19-20-32(36)39)28-13-5-24(6-14-28)26-9-17-30(18-10-26)37-33(40)21-22-34(37)41/h3-22H,1-2H3. The summed E-state index contributed by atoms with van der Waals surface area (Å²) < 4.78 is 0. The van der Waals surface area contributed by atoms with Crippen LogP contribution in [0.2, 0.25) is 0 Å². The van der Waals surface area contributed by atoms with Gasteiger partial charge in [-0.05, 0) is 57.6 Å². The van der Waals surface area contributed by atoms with Gasteiger partial charge < -0.3 is 0 Å². The molecular weight excluding hydrogens is 512 g/mol. The van der Waals surface area contributed by atoms with Crippen LogP contribution < -0.4 is 9.80 Å². The van der Waals surface area contributed by atoms with Crippen LogP contribution in [0.25, 0.3) is 22.3 Å². The summed E-state index contributed by atoms with van der Waals surface area (Å²) in [5.74, 6) is -1.31. The van der Waals surface area contributed by atoms with E-state index in [0.717, 1.165) is 32.1 Å². The summed E-state index contributed by atoms with van der Waals surface area (Å²) in [6, 6.07) is 31.6. The molecule has 41 heavy (non-hydrogen) atoms. The molecule has 0 spiro atoms. The molecule has 6 heteroatoms. The second-order valence-electron chi connectivity index (χ2n) is 10.6. The average molecular weight is 539 g/mol. The van der Waals surface area contributed by atoms with Crippen molar-refractivity contribution in [1.82, 2.24) is 0 Å². The van der Waals surface area contributed by atoms with Gasteiger partial charge in [0, 0.05) is 29.7 Å². The van der Waals surface area contributed by atoms with Crippen LogP contribution in [0.1, 0.15) is 25.0 Å². The maximum atomic E-state index is 12.0. The zero-order valence-corrected chi connectivity index (χ0v) is 22.6. The van der Waals surface area contributed by atoms with Gasteiger partial charge in [-0.3, -0.25) is 19.2 Å². The normalized spacial score (nSPS) is 15.0. The van der Waals surface area contributed by atoms with E-state index in [1.807, 2.05) is 24.3 Å². The number of hydrogen-bond acceptors (Lipinski definition) is 4. The third kappa shape index (κ3) is 4.70. The largest absolute Gasteiger partial charge is 0.269 e. The van der Waals surface area contributed by atoms with E-state index in [1.54, 1.807) is 24.3 Å². The van der Waals surface area contributed by atoms with Gasteiger partial charge in [-0.2, -0.15) is 0 Å². The van der Waals surface area contributed by atoms with E-state index in [2.05, 4.69) is 62.4 Å². The Hall–Kier alpha value is -5.36. The maximum absolute atomic E-state index is 12.0. The number of benzene rings is 4. The van der Waals surface area contributed by atoms with Crippen LogP contribution in [-0.4, -0.2) is 23.6 Å². The molecule has 0 saturated carbocycles. The lowest BCUT2D eigenvalue weighted by Crippen LogP contribution is -2.29. The van der Waals surface area contributed by atoms with Crippen LogP contribution in [0, 0.1) is 0 Å². The number of nitrogens with zero attached hydrogens (tertiary/aromatic N) is 2. The highest BCUT2D eigenvalue weighted by molar-refractivity contribution is 6.28.